The normalized spacial score (nSPS) is 36.7. The molecule has 13 unspecified atom stereocenters. The van der Waals surface area contributed by atoms with E-state index in [1.807, 2.05) is 63.3 Å². The van der Waals surface area contributed by atoms with Crippen LogP contribution in [0, 0.1) is 41.4 Å². The molecule has 0 saturated heterocycles. The van der Waals surface area contributed by atoms with Gasteiger partial charge in [-0.25, -0.2) is 9.59 Å². The number of carbonyl (C=O) groups excluding carboxylic acids is 4. The number of fused-ring (bicyclic) bond motifs is 4. The summed E-state index contributed by atoms with van der Waals surface area (Å²) in [5, 5.41) is 22.3. The molecule has 0 aromatic heterocycles. The van der Waals surface area contributed by atoms with Crippen molar-refractivity contribution in [1.29, 1.82) is 0 Å². The van der Waals surface area contributed by atoms with Crippen LogP contribution >= 0.6 is 0 Å². The van der Waals surface area contributed by atoms with Crippen molar-refractivity contribution in [3.8, 4) is 0 Å². The zero-order chi connectivity index (χ0) is 51.8. The van der Waals surface area contributed by atoms with Gasteiger partial charge in [0.15, 0.2) is 0 Å². The lowest BCUT2D eigenvalue weighted by molar-refractivity contribution is -0.152. The fraction of sp³-hybridized carbons (Fsp3) is 0.661. The Labute approximate surface area is 421 Å². The quantitative estimate of drug-likeness (QED) is 0.157. The highest BCUT2D eigenvalue weighted by Crippen LogP contribution is 2.32. The second kappa shape index (κ2) is 32.0. The minimum atomic E-state index is -0.499. The van der Waals surface area contributed by atoms with Crippen LogP contribution in [0.3, 0.4) is 0 Å². The number of carbonyl (C=O) groups is 4. The van der Waals surface area contributed by atoms with Crippen molar-refractivity contribution in [1.82, 2.24) is 0 Å². The summed E-state index contributed by atoms with van der Waals surface area (Å²) in [6.07, 6.45) is 28.5. The Kier molecular flexibility index (Phi) is 27.5. The van der Waals surface area contributed by atoms with Gasteiger partial charge >= 0.3 is 17.9 Å². The molecule has 11 nitrogen and oxygen atoms in total. The summed E-state index contributed by atoms with van der Waals surface area (Å²) in [7, 11) is 3.27. The third-order valence-corrected chi connectivity index (χ3v) is 14.5. The highest BCUT2D eigenvalue weighted by Gasteiger charge is 2.31. The maximum absolute atomic E-state index is 13.1. The van der Waals surface area contributed by atoms with Crippen LogP contribution in [0.5, 0.6) is 0 Å². The van der Waals surface area contributed by atoms with E-state index in [4.69, 9.17) is 23.7 Å². The number of hydrogen-bond acceptors (Lipinski definition) is 11. The molecule has 0 radical (unpaired) electrons. The van der Waals surface area contributed by atoms with Crippen LogP contribution in [-0.4, -0.2) is 91.4 Å². The highest BCUT2D eigenvalue weighted by atomic mass is 16.6. The first-order valence-electron chi connectivity index (χ1n) is 26.2. The number of allylic oxidation sites excluding steroid dienone is 9. The van der Waals surface area contributed by atoms with E-state index in [0.29, 0.717) is 50.9 Å². The van der Waals surface area contributed by atoms with Crippen molar-refractivity contribution >= 4 is 23.7 Å². The number of rotatable bonds is 4. The average molecular weight is 975 g/mol. The molecule has 3 rings (SSSR count). The van der Waals surface area contributed by atoms with Crippen molar-refractivity contribution in [2.24, 2.45) is 41.4 Å². The third-order valence-electron chi connectivity index (χ3n) is 14.5. The molecule has 13 atom stereocenters. The molecule has 3 heterocycles. The molecule has 70 heavy (non-hydrogen) atoms. The van der Waals surface area contributed by atoms with Crippen molar-refractivity contribution in [2.75, 3.05) is 20.8 Å². The third kappa shape index (κ3) is 22.9. The Bertz CT molecular complexity index is 1900. The zero-order valence-electron chi connectivity index (χ0n) is 44.6. The fourth-order valence-electron chi connectivity index (χ4n) is 9.78. The number of Topliss-reactive ketones (excluding diaryl/α,β-unsaturated/α-hetero) is 1. The van der Waals surface area contributed by atoms with E-state index in [-0.39, 0.29) is 91.3 Å². The fourth-order valence-corrected chi connectivity index (χ4v) is 9.78. The van der Waals surface area contributed by atoms with Gasteiger partial charge in [-0.2, -0.15) is 0 Å². The number of esters is 3. The summed E-state index contributed by atoms with van der Waals surface area (Å²) in [6.45, 7) is 18.9. The molecule has 2 N–H and O–H groups in total. The van der Waals surface area contributed by atoms with Crippen molar-refractivity contribution in [3.05, 3.63) is 95.2 Å². The number of hydrogen-bond donors (Lipinski definition) is 2. The summed E-state index contributed by atoms with van der Waals surface area (Å²) in [6, 6.07) is 0. The maximum atomic E-state index is 13.1. The summed E-state index contributed by atoms with van der Waals surface area (Å²) in [5.41, 5.74) is 3.73. The summed E-state index contributed by atoms with van der Waals surface area (Å²) in [4.78, 5) is 51.5. The van der Waals surface area contributed by atoms with E-state index in [0.717, 1.165) is 48.0 Å². The molecule has 0 amide bonds. The molecule has 3 aliphatic rings. The SMILES string of the molecule is CCC1C/C=C/C=C\CC(=O)CC2=CC(=O)OC(C2)CC(OC)C(C)CCC(C)C(C)C(O)CC(C)/C=C/CC2=CC(=O)OC(/C=C(/C)CC(COC)OC(=O)CC(C)/C=C/C=C(/C)CC(O)C1)C2C. The van der Waals surface area contributed by atoms with Gasteiger partial charge in [0, 0.05) is 64.4 Å². The van der Waals surface area contributed by atoms with Gasteiger partial charge in [0.25, 0.3) is 0 Å². The predicted octanol–water partition coefficient (Wildman–Crippen LogP) is 11.6. The molecule has 0 spiro atoms. The van der Waals surface area contributed by atoms with Crippen LogP contribution in [0.25, 0.3) is 0 Å². The standard InChI is InChI=1S/C59H90O11/c1-12-47-22-15-13-14-16-24-50(60)33-48-34-52(68-58(64)35-48)37-55(67-11)44(7)26-25-43(6)45(8)54(62)29-40(3)21-18-23-49-36-59(65)70-56(46(49)9)30-42(5)28-53(38-66-10)69-57(63)31-41(4)20-17-19-39(2)27-51(61)32-47/h13-21,30,35-36,40-41,43-47,51-56,61-62H,12,22-29,31-34,37-38H2,1-11H3/b15-13+,16-14-,20-17+,21-18+,39-19-,42-30-. The number of ether oxygens (including phenoxy) is 5. The molecule has 3 aliphatic heterocycles. The number of aliphatic hydroxyl groups excluding tert-OH is 2. The van der Waals surface area contributed by atoms with Gasteiger partial charge in [-0.1, -0.05) is 138 Å². The number of ketones is 1. The minimum absolute atomic E-state index is 0.0364. The second-order valence-corrected chi connectivity index (χ2v) is 21.0. The monoisotopic (exact) mass is 975 g/mol. The predicted molar refractivity (Wildman–Crippen MR) is 278 cm³/mol. The Hall–Kier alpha value is -4.16. The lowest BCUT2D eigenvalue weighted by Gasteiger charge is -2.31. The Morgan fingerprint density at radius 3 is 2.14 bits per heavy atom. The molecule has 392 valence electrons. The van der Waals surface area contributed by atoms with Crippen LogP contribution in [0.15, 0.2) is 95.2 Å². The molecular weight excluding hydrogens is 885 g/mol. The molecule has 0 aliphatic carbocycles. The highest BCUT2D eigenvalue weighted by molar-refractivity contribution is 5.88. The Morgan fingerprint density at radius 1 is 0.714 bits per heavy atom. The van der Waals surface area contributed by atoms with Crippen molar-refractivity contribution < 1.29 is 53.1 Å². The molecule has 0 aromatic rings. The van der Waals surface area contributed by atoms with Crippen LogP contribution in [0.4, 0.5) is 0 Å². The first-order chi connectivity index (χ1) is 33.3. The molecular formula is C59H90O11. The van der Waals surface area contributed by atoms with Gasteiger partial charge in [0.1, 0.15) is 24.1 Å². The van der Waals surface area contributed by atoms with Crippen LogP contribution in [-0.2, 0) is 42.9 Å². The summed E-state index contributed by atoms with van der Waals surface area (Å²) >= 11 is 0. The summed E-state index contributed by atoms with van der Waals surface area (Å²) in [5.74, 6) is -0.269. The first kappa shape index (κ1) is 60.1. The zero-order valence-corrected chi connectivity index (χ0v) is 44.6. The minimum Gasteiger partial charge on any atom is -0.460 e. The Balaban J connectivity index is 1.74. The topological polar surface area (TPSA) is 155 Å². The number of methoxy groups -OCH3 is 2. The van der Waals surface area contributed by atoms with Gasteiger partial charge in [-0.3, -0.25) is 9.59 Å². The molecule has 0 fully saturated rings. The van der Waals surface area contributed by atoms with Crippen LogP contribution in [0.2, 0.25) is 0 Å². The van der Waals surface area contributed by atoms with Gasteiger partial charge in [-0.15, -0.1) is 0 Å². The van der Waals surface area contributed by atoms with Crippen LogP contribution in [0.1, 0.15) is 152 Å². The molecule has 0 aromatic carbocycles. The Morgan fingerprint density at radius 2 is 1.43 bits per heavy atom. The van der Waals surface area contributed by atoms with Crippen molar-refractivity contribution in [2.45, 2.75) is 189 Å². The van der Waals surface area contributed by atoms with E-state index in [1.54, 1.807) is 20.3 Å². The van der Waals surface area contributed by atoms with E-state index in [9.17, 15) is 29.4 Å². The summed E-state index contributed by atoms with van der Waals surface area (Å²) < 4.78 is 28.8. The molecule has 4 bridgehead atoms. The lowest BCUT2D eigenvalue weighted by Crippen LogP contribution is -2.32. The second-order valence-electron chi connectivity index (χ2n) is 21.0. The smallest absolute Gasteiger partial charge is 0.331 e. The van der Waals surface area contributed by atoms with Gasteiger partial charge in [0.05, 0.1) is 31.3 Å². The molecule has 0 saturated carbocycles. The van der Waals surface area contributed by atoms with Gasteiger partial charge in [0.2, 0.25) is 0 Å². The van der Waals surface area contributed by atoms with Gasteiger partial charge in [-0.05, 0) is 94.0 Å². The van der Waals surface area contributed by atoms with E-state index in [2.05, 4.69) is 59.8 Å². The largest absolute Gasteiger partial charge is 0.460 e. The molecule has 11 heteroatoms. The van der Waals surface area contributed by atoms with Crippen molar-refractivity contribution in [3.63, 3.8) is 0 Å². The van der Waals surface area contributed by atoms with E-state index < -0.39 is 30.4 Å². The van der Waals surface area contributed by atoms with E-state index in [1.165, 1.54) is 6.08 Å². The maximum Gasteiger partial charge on any atom is 0.331 e. The lowest BCUT2D eigenvalue weighted by atomic mass is 9.81. The van der Waals surface area contributed by atoms with Gasteiger partial charge < -0.3 is 33.9 Å². The first-order valence-corrected chi connectivity index (χ1v) is 26.2. The number of aliphatic hydroxyl groups is 2. The van der Waals surface area contributed by atoms with Crippen LogP contribution < -0.4 is 0 Å². The van der Waals surface area contributed by atoms with E-state index >= 15 is 0 Å². The number of cyclic esters (lactones) is 1. The average Bonchev–Trinajstić information content (AvgIpc) is 3.28.